The van der Waals surface area contributed by atoms with Gasteiger partial charge < -0.3 is 11.1 Å². The summed E-state index contributed by atoms with van der Waals surface area (Å²) in [6.45, 7) is 3.90. The third-order valence-electron chi connectivity index (χ3n) is 3.12. The lowest BCUT2D eigenvalue weighted by Crippen LogP contribution is -2.04. The molecule has 0 amide bonds. The number of pyridine rings is 1. The highest BCUT2D eigenvalue weighted by Gasteiger charge is 2.10. The topological polar surface area (TPSA) is 76.7 Å². The Balaban J connectivity index is 2.06. The van der Waals surface area contributed by atoms with E-state index < -0.39 is 0 Å². The number of hydrogen-bond donors (Lipinski definition) is 2. The van der Waals surface area contributed by atoms with Crippen molar-refractivity contribution in [3.05, 3.63) is 46.6 Å². The van der Waals surface area contributed by atoms with Gasteiger partial charge in [0.1, 0.15) is 5.82 Å². The molecule has 5 nitrogen and oxygen atoms in total. The number of nitrogens with one attached hydrogen (secondary N) is 1. The summed E-state index contributed by atoms with van der Waals surface area (Å²) in [5, 5.41) is 4.57. The van der Waals surface area contributed by atoms with E-state index in [1.807, 2.05) is 32.0 Å². The maximum Gasteiger partial charge on any atom is 0.231 e. The average Bonchev–Trinajstić information content (AvgIpc) is 2.40. The fourth-order valence-corrected chi connectivity index (χ4v) is 2.35. The second-order valence-electron chi connectivity index (χ2n) is 4.84. The summed E-state index contributed by atoms with van der Waals surface area (Å²) in [6.07, 6.45) is 0. The highest BCUT2D eigenvalue weighted by molar-refractivity contribution is 6.30. The van der Waals surface area contributed by atoms with Crippen LogP contribution in [0.1, 0.15) is 11.3 Å². The molecular weight excluding hydrogens is 286 g/mol. The Labute approximate surface area is 127 Å². The van der Waals surface area contributed by atoms with Crippen LogP contribution >= 0.6 is 11.6 Å². The molecule has 0 bridgehead atoms. The van der Waals surface area contributed by atoms with Crippen molar-refractivity contribution in [3.8, 4) is 0 Å². The predicted octanol–water partition coefficient (Wildman–Crippen LogP) is 3.62. The molecule has 0 atom stereocenters. The molecule has 0 aliphatic rings. The molecule has 3 N–H and O–H groups in total. The second-order valence-corrected chi connectivity index (χ2v) is 5.28. The summed E-state index contributed by atoms with van der Waals surface area (Å²) in [7, 11) is 0. The molecule has 0 spiro atoms. The van der Waals surface area contributed by atoms with Crippen LogP contribution in [0, 0.1) is 13.8 Å². The summed E-state index contributed by atoms with van der Waals surface area (Å²) in [5.74, 6) is 0.835. The Morgan fingerprint density at radius 1 is 1.05 bits per heavy atom. The smallest absolute Gasteiger partial charge is 0.231 e. The van der Waals surface area contributed by atoms with Gasteiger partial charge in [0.15, 0.2) is 5.65 Å². The second kappa shape index (κ2) is 5.18. The Morgan fingerprint density at radius 3 is 2.48 bits per heavy atom. The van der Waals surface area contributed by atoms with E-state index in [2.05, 4.69) is 20.3 Å². The van der Waals surface area contributed by atoms with Crippen LogP contribution in [0.4, 0.5) is 17.5 Å². The van der Waals surface area contributed by atoms with Gasteiger partial charge in [-0.2, -0.15) is 9.97 Å². The number of anilines is 3. The third-order valence-corrected chi connectivity index (χ3v) is 3.37. The van der Waals surface area contributed by atoms with E-state index >= 15 is 0 Å². The third kappa shape index (κ3) is 2.73. The van der Waals surface area contributed by atoms with Gasteiger partial charge in [-0.1, -0.05) is 11.6 Å². The summed E-state index contributed by atoms with van der Waals surface area (Å²) < 4.78 is 0. The largest absolute Gasteiger partial charge is 0.383 e. The van der Waals surface area contributed by atoms with Gasteiger partial charge in [0, 0.05) is 16.4 Å². The lowest BCUT2D eigenvalue weighted by molar-refractivity contribution is 1.14. The van der Waals surface area contributed by atoms with Crippen molar-refractivity contribution in [3.63, 3.8) is 0 Å². The molecule has 6 heteroatoms. The average molecular weight is 300 g/mol. The standard InChI is InChI=1S/C15H14ClN5/c1-8-7-9(2)18-14-12(8)13(17)20-15(21-14)19-11-5-3-10(16)4-6-11/h3-7H,1-2H3,(H3,17,18,19,20,21). The van der Waals surface area contributed by atoms with Gasteiger partial charge in [0.05, 0.1) is 5.39 Å². The van der Waals surface area contributed by atoms with Gasteiger partial charge in [-0.05, 0) is 49.7 Å². The molecule has 3 rings (SSSR count). The first-order chi connectivity index (χ1) is 10.0. The van der Waals surface area contributed by atoms with Crippen molar-refractivity contribution in [1.29, 1.82) is 0 Å². The number of halogens is 1. The van der Waals surface area contributed by atoms with Gasteiger partial charge in [-0.3, -0.25) is 0 Å². The van der Waals surface area contributed by atoms with E-state index in [-0.39, 0.29) is 0 Å². The number of nitrogens with two attached hydrogens (primary N) is 1. The SMILES string of the molecule is Cc1cc(C)c2c(N)nc(Nc3ccc(Cl)cc3)nc2n1. The van der Waals surface area contributed by atoms with Gasteiger partial charge in [-0.15, -0.1) is 0 Å². The zero-order valence-corrected chi connectivity index (χ0v) is 12.4. The Bertz CT molecular complexity index is 814. The summed E-state index contributed by atoms with van der Waals surface area (Å²) >= 11 is 5.86. The van der Waals surface area contributed by atoms with E-state index in [1.54, 1.807) is 12.1 Å². The van der Waals surface area contributed by atoms with Crippen LogP contribution in [0.3, 0.4) is 0 Å². The molecule has 3 aromatic rings. The molecule has 0 radical (unpaired) electrons. The van der Waals surface area contributed by atoms with Crippen LogP contribution in [0.25, 0.3) is 11.0 Å². The van der Waals surface area contributed by atoms with E-state index in [0.717, 1.165) is 22.3 Å². The normalized spacial score (nSPS) is 10.8. The maximum absolute atomic E-state index is 6.03. The maximum atomic E-state index is 6.03. The van der Waals surface area contributed by atoms with Crippen LogP contribution in [-0.4, -0.2) is 15.0 Å². The molecule has 0 unspecified atom stereocenters. The molecule has 2 heterocycles. The number of fused-ring (bicyclic) bond motifs is 1. The number of nitrogens with zero attached hydrogens (tertiary/aromatic N) is 3. The molecule has 21 heavy (non-hydrogen) atoms. The molecule has 0 fully saturated rings. The minimum atomic E-state index is 0.417. The van der Waals surface area contributed by atoms with E-state index in [0.29, 0.717) is 22.4 Å². The molecule has 0 saturated carbocycles. The van der Waals surface area contributed by atoms with Crippen LogP contribution in [-0.2, 0) is 0 Å². The number of rotatable bonds is 2. The molecule has 2 aromatic heterocycles. The number of nitrogen functional groups attached to an aromatic ring is 1. The fourth-order valence-electron chi connectivity index (χ4n) is 2.23. The number of aryl methyl sites for hydroxylation is 2. The fraction of sp³-hybridized carbons (Fsp3) is 0.133. The molecule has 0 aliphatic heterocycles. The molecule has 1 aromatic carbocycles. The first-order valence-corrected chi connectivity index (χ1v) is 6.85. The van der Waals surface area contributed by atoms with Crippen LogP contribution in [0.15, 0.2) is 30.3 Å². The number of hydrogen-bond acceptors (Lipinski definition) is 5. The highest BCUT2D eigenvalue weighted by atomic mass is 35.5. The van der Waals surface area contributed by atoms with Crippen molar-refractivity contribution in [2.24, 2.45) is 0 Å². The van der Waals surface area contributed by atoms with Crippen LogP contribution in [0.5, 0.6) is 0 Å². The van der Waals surface area contributed by atoms with Crippen LogP contribution in [0.2, 0.25) is 5.02 Å². The molecule has 0 aliphatic carbocycles. The van der Waals surface area contributed by atoms with Gasteiger partial charge >= 0.3 is 0 Å². The van der Waals surface area contributed by atoms with Gasteiger partial charge in [0.25, 0.3) is 0 Å². The van der Waals surface area contributed by atoms with Crippen molar-refractivity contribution < 1.29 is 0 Å². The monoisotopic (exact) mass is 299 g/mol. The van der Waals surface area contributed by atoms with Crippen molar-refractivity contribution in [2.75, 3.05) is 11.1 Å². The summed E-state index contributed by atoms with van der Waals surface area (Å²) in [4.78, 5) is 13.1. The zero-order chi connectivity index (χ0) is 15.0. The van der Waals surface area contributed by atoms with E-state index in [4.69, 9.17) is 17.3 Å². The molecule has 0 saturated heterocycles. The quantitative estimate of drug-likeness (QED) is 0.756. The van der Waals surface area contributed by atoms with Crippen LogP contribution < -0.4 is 11.1 Å². The summed E-state index contributed by atoms with van der Waals surface area (Å²) in [6, 6.07) is 9.25. The highest BCUT2D eigenvalue weighted by Crippen LogP contribution is 2.24. The number of aromatic nitrogens is 3. The molecule has 106 valence electrons. The Morgan fingerprint density at radius 2 is 1.76 bits per heavy atom. The minimum absolute atomic E-state index is 0.417. The minimum Gasteiger partial charge on any atom is -0.383 e. The lowest BCUT2D eigenvalue weighted by atomic mass is 10.1. The van der Waals surface area contributed by atoms with Crippen molar-refractivity contribution in [2.45, 2.75) is 13.8 Å². The molecular formula is C15H14ClN5. The van der Waals surface area contributed by atoms with E-state index in [1.165, 1.54) is 0 Å². The van der Waals surface area contributed by atoms with Crippen molar-refractivity contribution in [1.82, 2.24) is 15.0 Å². The first-order valence-electron chi connectivity index (χ1n) is 6.47. The Hall–Kier alpha value is -2.40. The van der Waals surface area contributed by atoms with Crippen molar-refractivity contribution >= 4 is 40.1 Å². The Kier molecular flexibility index (Phi) is 3.35. The summed E-state index contributed by atoms with van der Waals surface area (Å²) in [5.41, 5.74) is 9.38. The van der Waals surface area contributed by atoms with Gasteiger partial charge in [-0.25, -0.2) is 4.98 Å². The lowest BCUT2D eigenvalue weighted by Gasteiger charge is -2.09. The van der Waals surface area contributed by atoms with Gasteiger partial charge in [0.2, 0.25) is 5.95 Å². The number of benzene rings is 1. The van der Waals surface area contributed by atoms with E-state index in [9.17, 15) is 0 Å². The first kappa shape index (κ1) is 13.6. The predicted molar refractivity (Wildman–Crippen MR) is 86.0 cm³/mol. The zero-order valence-electron chi connectivity index (χ0n) is 11.7.